The standard InChI is InChI=1S/C10H11F2NO2/c1-15-10(14)9(13(11)12)7-8-5-3-2-4-6-8/h2-6,9H,7H2,1H3/t9-/m0/s1. The van der Waals surface area contributed by atoms with E-state index in [1.807, 2.05) is 0 Å². The van der Waals surface area contributed by atoms with Crippen LogP contribution in [0.15, 0.2) is 30.3 Å². The number of carbonyl (C=O) groups excluding carboxylic acids is 1. The van der Waals surface area contributed by atoms with Crippen LogP contribution in [0.25, 0.3) is 0 Å². The Kier molecular flexibility index (Phi) is 4.17. The van der Waals surface area contributed by atoms with Gasteiger partial charge >= 0.3 is 5.97 Å². The van der Waals surface area contributed by atoms with Gasteiger partial charge in [-0.15, -0.1) is 8.96 Å². The number of hydrogen-bond acceptors (Lipinski definition) is 3. The van der Waals surface area contributed by atoms with Crippen LogP contribution in [-0.4, -0.2) is 24.5 Å². The van der Waals surface area contributed by atoms with Gasteiger partial charge in [0.15, 0.2) is 6.04 Å². The molecule has 5 heteroatoms. The fourth-order valence-corrected chi connectivity index (χ4v) is 1.21. The summed E-state index contributed by atoms with van der Waals surface area (Å²) >= 11 is 0. The molecule has 82 valence electrons. The molecule has 15 heavy (non-hydrogen) atoms. The number of nitrogens with zero attached hydrogens (tertiary/aromatic N) is 1. The van der Waals surface area contributed by atoms with Crippen LogP contribution in [0.3, 0.4) is 0 Å². The highest BCUT2D eigenvalue weighted by Gasteiger charge is 2.27. The summed E-state index contributed by atoms with van der Waals surface area (Å²) in [5, 5.41) is -1.13. The van der Waals surface area contributed by atoms with Gasteiger partial charge in [0.25, 0.3) is 0 Å². The lowest BCUT2D eigenvalue weighted by atomic mass is 10.1. The maximum atomic E-state index is 12.4. The molecule has 0 aliphatic carbocycles. The molecule has 0 bridgehead atoms. The van der Waals surface area contributed by atoms with E-state index >= 15 is 0 Å². The fourth-order valence-electron chi connectivity index (χ4n) is 1.21. The molecule has 1 atom stereocenters. The van der Waals surface area contributed by atoms with Gasteiger partial charge in [0, 0.05) is 11.8 Å². The molecule has 0 fully saturated rings. The molecule has 1 rings (SSSR count). The lowest BCUT2D eigenvalue weighted by Gasteiger charge is -2.13. The molecule has 0 saturated carbocycles. The monoisotopic (exact) mass is 215 g/mol. The highest BCUT2D eigenvalue weighted by Crippen LogP contribution is 2.11. The van der Waals surface area contributed by atoms with Crippen LogP contribution >= 0.6 is 0 Å². The first kappa shape index (κ1) is 11.6. The number of benzene rings is 1. The Morgan fingerprint density at radius 2 is 2.00 bits per heavy atom. The number of methoxy groups -OCH3 is 1. The second-order valence-electron chi connectivity index (χ2n) is 2.99. The predicted octanol–water partition coefficient (Wildman–Crippen LogP) is 1.84. The van der Waals surface area contributed by atoms with Gasteiger partial charge in [-0.25, -0.2) is 0 Å². The number of ether oxygens (including phenoxy) is 1. The zero-order valence-electron chi connectivity index (χ0n) is 8.19. The van der Waals surface area contributed by atoms with Crippen LogP contribution in [0.5, 0.6) is 0 Å². The van der Waals surface area contributed by atoms with Crippen molar-refractivity contribution in [2.24, 2.45) is 0 Å². The molecule has 0 heterocycles. The molecule has 0 aliphatic rings. The first-order valence-electron chi connectivity index (χ1n) is 4.37. The van der Waals surface area contributed by atoms with E-state index in [0.717, 1.165) is 7.11 Å². The van der Waals surface area contributed by atoms with Gasteiger partial charge in [-0.2, -0.15) is 0 Å². The summed E-state index contributed by atoms with van der Waals surface area (Å²) in [6, 6.07) is 7.05. The third-order valence-electron chi connectivity index (χ3n) is 1.98. The summed E-state index contributed by atoms with van der Waals surface area (Å²) in [5.41, 5.74) is 0.660. The van der Waals surface area contributed by atoms with Crippen molar-refractivity contribution < 1.29 is 18.5 Å². The third kappa shape index (κ3) is 3.28. The van der Waals surface area contributed by atoms with E-state index in [0.29, 0.717) is 5.56 Å². The average Bonchev–Trinajstić information content (AvgIpc) is 2.26. The first-order chi connectivity index (χ1) is 7.15. The van der Waals surface area contributed by atoms with E-state index in [-0.39, 0.29) is 6.42 Å². The maximum absolute atomic E-state index is 12.4. The lowest BCUT2D eigenvalue weighted by Crippen LogP contribution is -2.34. The Balaban J connectivity index is 2.72. The molecule has 0 amide bonds. The molecular formula is C10H11F2NO2. The normalized spacial score (nSPS) is 12.5. The molecule has 0 unspecified atom stereocenters. The van der Waals surface area contributed by atoms with Crippen LogP contribution < -0.4 is 0 Å². The molecule has 0 saturated heterocycles. The Hall–Kier alpha value is -1.49. The summed E-state index contributed by atoms with van der Waals surface area (Å²) in [4.78, 5) is 11.0. The minimum atomic E-state index is -1.54. The average molecular weight is 215 g/mol. The van der Waals surface area contributed by atoms with Gasteiger partial charge in [-0.05, 0) is 5.56 Å². The molecule has 0 N–H and O–H groups in total. The Labute approximate surface area is 86.1 Å². The highest BCUT2D eigenvalue weighted by molar-refractivity contribution is 5.75. The minimum absolute atomic E-state index is 0.0689. The van der Waals surface area contributed by atoms with Crippen molar-refractivity contribution in [3.05, 3.63) is 35.9 Å². The summed E-state index contributed by atoms with van der Waals surface area (Å²) in [5.74, 6) is -0.941. The Morgan fingerprint density at radius 1 is 1.40 bits per heavy atom. The zero-order valence-corrected chi connectivity index (χ0v) is 8.19. The van der Waals surface area contributed by atoms with Crippen molar-refractivity contribution in [3.8, 4) is 0 Å². The molecule has 0 radical (unpaired) electrons. The van der Waals surface area contributed by atoms with Crippen LogP contribution in [0, 0.1) is 0 Å². The molecule has 0 aliphatic heterocycles. The molecule has 1 aromatic carbocycles. The van der Waals surface area contributed by atoms with Gasteiger partial charge in [-0.1, -0.05) is 30.3 Å². The first-order valence-corrected chi connectivity index (χ1v) is 4.37. The van der Waals surface area contributed by atoms with Crippen molar-refractivity contribution in [1.29, 1.82) is 0 Å². The van der Waals surface area contributed by atoms with Crippen molar-refractivity contribution in [2.45, 2.75) is 12.5 Å². The number of hydrogen-bond donors (Lipinski definition) is 0. The van der Waals surface area contributed by atoms with E-state index in [4.69, 9.17) is 0 Å². The number of esters is 1. The summed E-state index contributed by atoms with van der Waals surface area (Å²) in [7, 11) is 1.09. The molecule has 1 aromatic rings. The third-order valence-corrected chi connectivity index (χ3v) is 1.98. The molecule has 0 spiro atoms. The van der Waals surface area contributed by atoms with Crippen molar-refractivity contribution in [1.82, 2.24) is 5.34 Å². The zero-order chi connectivity index (χ0) is 11.3. The Morgan fingerprint density at radius 3 is 2.47 bits per heavy atom. The van der Waals surface area contributed by atoms with E-state index in [9.17, 15) is 13.8 Å². The van der Waals surface area contributed by atoms with Gasteiger partial charge < -0.3 is 4.74 Å². The highest BCUT2D eigenvalue weighted by atomic mass is 19.4. The second-order valence-corrected chi connectivity index (χ2v) is 2.99. The topological polar surface area (TPSA) is 29.5 Å². The second kappa shape index (κ2) is 5.41. The van der Waals surface area contributed by atoms with E-state index < -0.39 is 17.4 Å². The smallest absolute Gasteiger partial charge is 0.329 e. The maximum Gasteiger partial charge on any atom is 0.329 e. The number of halogens is 2. The van der Waals surface area contributed by atoms with Crippen molar-refractivity contribution >= 4 is 5.97 Å². The van der Waals surface area contributed by atoms with Crippen LogP contribution in [-0.2, 0) is 16.0 Å². The molecule has 3 nitrogen and oxygen atoms in total. The van der Waals surface area contributed by atoms with Gasteiger partial charge in [-0.3, -0.25) is 4.79 Å². The van der Waals surface area contributed by atoms with Crippen LogP contribution in [0.4, 0.5) is 8.96 Å². The van der Waals surface area contributed by atoms with Crippen molar-refractivity contribution in [2.75, 3.05) is 7.11 Å². The largest absolute Gasteiger partial charge is 0.468 e. The summed E-state index contributed by atoms with van der Waals surface area (Å²) in [6.45, 7) is 0. The SMILES string of the molecule is COC(=O)[C@H](Cc1ccccc1)N(F)F. The van der Waals surface area contributed by atoms with Crippen LogP contribution in [0.2, 0.25) is 0 Å². The Bertz CT molecular complexity index is 316. The summed E-state index contributed by atoms with van der Waals surface area (Å²) in [6.07, 6.45) is -0.0689. The number of rotatable bonds is 4. The van der Waals surface area contributed by atoms with E-state index in [1.165, 1.54) is 0 Å². The minimum Gasteiger partial charge on any atom is -0.468 e. The van der Waals surface area contributed by atoms with Crippen molar-refractivity contribution in [3.63, 3.8) is 0 Å². The quantitative estimate of drug-likeness (QED) is 0.567. The predicted molar refractivity (Wildman–Crippen MR) is 50.0 cm³/mol. The van der Waals surface area contributed by atoms with Gasteiger partial charge in [0.05, 0.1) is 7.11 Å². The lowest BCUT2D eigenvalue weighted by molar-refractivity contribution is -0.202. The fraction of sp³-hybridized carbons (Fsp3) is 0.300. The van der Waals surface area contributed by atoms with E-state index in [2.05, 4.69) is 4.74 Å². The van der Waals surface area contributed by atoms with Crippen LogP contribution in [0.1, 0.15) is 5.56 Å². The van der Waals surface area contributed by atoms with E-state index in [1.54, 1.807) is 30.3 Å². The molecule has 0 aromatic heterocycles. The van der Waals surface area contributed by atoms with Gasteiger partial charge in [0.2, 0.25) is 0 Å². The summed E-state index contributed by atoms with van der Waals surface area (Å²) < 4.78 is 29.0. The molecular weight excluding hydrogens is 204 g/mol. The van der Waals surface area contributed by atoms with Gasteiger partial charge in [0.1, 0.15) is 0 Å². The number of carbonyl (C=O) groups is 1.